The molecule has 0 fully saturated rings. The van der Waals surface area contributed by atoms with Crippen molar-refractivity contribution < 1.29 is 5.11 Å². The molecule has 0 saturated heterocycles. The second kappa shape index (κ2) is 6.50. The molecule has 0 saturated carbocycles. The van der Waals surface area contributed by atoms with E-state index in [2.05, 4.69) is 24.4 Å². The minimum absolute atomic E-state index is 0.0924. The lowest BCUT2D eigenvalue weighted by Crippen LogP contribution is -2.27. The highest BCUT2D eigenvalue weighted by molar-refractivity contribution is 5.23. The molecule has 19 heavy (non-hydrogen) atoms. The highest BCUT2D eigenvalue weighted by Crippen LogP contribution is 2.32. The van der Waals surface area contributed by atoms with E-state index in [1.165, 1.54) is 5.56 Å². The van der Waals surface area contributed by atoms with Crippen LogP contribution < -0.4 is 5.32 Å². The quantitative estimate of drug-likeness (QED) is 0.859. The van der Waals surface area contributed by atoms with Crippen LogP contribution in [0.25, 0.3) is 0 Å². The number of nitrogens with one attached hydrogen (secondary N) is 1. The molecule has 0 bridgehead atoms. The minimum Gasteiger partial charge on any atom is -0.388 e. The third kappa shape index (κ3) is 3.22. The number of aliphatic hydroxyl groups is 1. The first-order chi connectivity index (χ1) is 9.24. The van der Waals surface area contributed by atoms with Gasteiger partial charge in [-0.25, -0.2) is 0 Å². The highest BCUT2D eigenvalue weighted by Gasteiger charge is 2.25. The van der Waals surface area contributed by atoms with E-state index >= 15 is 0 Å². The predicted molar refractivity (Wildman–Crippen MR) is 78.8 cm³/mol. The van der Waals surface area contributed by atoms with Gasteiger partial charge in [-0.1, -0.05) is 67.6 Å². The maximum Gasteiger partial charge on any atom is 0.0833 e. The van der Waals surface area contributed by atoms with Crippen LogP contribution in [-0.2, 0) is 0 Å². The van der Waals surface area contributed by atoms with Crippen molar-refractivity contribution in [2.24, 2.45) is 5.92 Å². The lowest BCUT2D eigenvalue weighted by atomic mass is 9.87. The number of hydrogen-bond donors (Lipinski definition) is 2. The van der Waals surface area contributed by atoms with Gasteiger partial charge in [-0.3, -0.25) is 0 Å². The van der Waals surface area contributed by atoms with Crippen LogP contribution in [0.5, 0.6) is 0 Å². The summed E-state index contributed by atoms with van der Waals surface area (Å²) < 4.78 is 0. The smallest absolute Gasteiger partial charge is 0.0833 e. The van der Waals surface area contributed by atoms with Gasteiger partial charge in [-0.15, -0.1) is 0 Å². The molecule has 0 aliphatic carbocycles. The van der Waals surface area contributed by atoms with Crippen LogP contribution in [0.15, 0.2) is 60.7 Å². The van der Waals surface area contributed by atoms with Crippen LogP contribution in [-0.4, -0.2) is 12.2 Å². The summed E-state index contributed by atoms with van der Waals surface area (Å²) in [5.74, 6) is 0.0924. The van der Waals surface area contributed by atoms with Gasteiger partial charge in [-0.05, 0) is 18.2 Å². The van der Waals surface area contributed by atoms with Crippen LogP contribution in [0.2, 0.25) is 0 Å². The van der Waals surface area contributed by atoms with Gasteiger partial charge in [-0.2, -0.15) is 0 Å². The summed E-state index contributed by atoms with van der Waals surface area (Å²) in [7, 11) is 1.94. The van der Waals surface area contributed by atoms with Crippen molar-refractivity contribution in [2.45, 2.75) is 19.1 Å². The Bertz CT molecular complexity index is 483. The highest BCUT2D eigenvalue weighted by atomic mass is 16.3. The zero-order chi connectivity index (χ0) is 13.7. The summed E-state index contributed by atoms with van der Waals surface area (Å²) in [6, 6.07) is 20.2. The van der Waals surface area contributed by atoms with Gasteiger partial charge in [0.25, 0.3) is 0 Å². The first-order valence-corrected chi connectivity index (χ1v) is 6.69. The first-order valence-electron chi connectivity index (χ1n) is 6.69. The second-order valence-electron chi connectivity index (χ2n) is 4.89. The van der Waals surface area contributed by atoms with Crippen LogP contribution in [0.1, 0.15) is 30.2 Å². The molecule has 100 valence electrons. The Kier molecular flexibility index (Phi) is 4.72. The Hall–Kier alpha value is -1.64. The summed E-state index contributed by atoms with van der Waals surface area (Å²) in [5.41, 5.74) is 2.17. The standard InChI is InChI=1S/C17H21NO/c1-13(17(19)15-11-7-4-8-12-15)16(18-2)14-9-5-3-6-10-14/h3-13,16-19H,1-2H3/t13-,16+,17+/m0/s1. The molecule has 0 aromatic heterocycles. The largest absolute Gasteiger partial charge is 0.388 e. The van der Waals surface area contributed by atoms with Crippen LogP contribution >= 0.6 is 0 Å². The lowest BCUT2D eigenvalue weighted by Gasteiger charge is -2.28. The Morgan fingerprint density at radius 3 is 1.79 bits per heavy atom. The average molecular weight is 255 g/mol. The van der Waals surface area contributed by atoms with Gasteiger partial charge < -0.3 is 10.4 Å². The summed E-state index contributed by atoms with van der Waals surface area (Å²) in [4.78, 5) is 0. The molecule has 0 unspecified atom stereocenters. The van der Waals surface area contributed by atoms with E-state index < -0.39 is 6.10 Å². The molecule has 2 rings (SSSR count). The van der Waals surface area contributed by atoms with Crippen molar-refractivity contribution >= 4 is 0 Å². The van der Waals surface area contributed by atoms with E-state index in [1.54, 1.807) is 0 Å². The molecular weight excluding hydrogens is 234 g/mol. The molecule has 0 heterocycles. The zero-order valence-corrected chi connectivity index (χ0v) is 11.5. The predicted octanol–water partition coefficient (Wildman–Crippen LogP) is 3.32. The van der Waals surface area contributed by atoms with Crippen molar-refractivity contribution in [2.75, 3.05) is 7.05 Å². The SMILES string of the molecule is CN[C@@H](c1ccccc1)[C@H](C)[C@@H](O)c1ccccc1. The Balaban J connectivity index is 2.20. The lowest BCUT2D eigenvalue weighted by molar-refractivity contribution is 0.0956. The second-order valence-corrected chi connectivity index (χ2v) is 4.89. The molecule has 0 aliphatic rings. The molecule has 2 heteroatoms. The van der Waals surface area contributed by atoms with E-state index in [0.717, 1.165) is 5.56 Å². The van der Waals surface area contributed by atoms with Crippen LogP contribution in [0.3, 0.4) is 0 Å². The fraction of sp³-hybridized carbons (Fsp3) is 0.294. The van der Waals surface area contributed by atoms with Crippen LogP contribution in [0, 0.1) is 5.92 Å². The molecule has 2 aromatic rings. The number of hydrogen-bond acceptors (Lipinski definition) is 2. The fourth-order valence-corrected chi connectivity index (χ4v) is 2.53. The van der Waals surface area contributed by atoms with Gasteiger partial charge in [0.1, 0.15) is 0 Å². The molecular formula is C17H21NO. The van der Waals surface area contributed by atoms with Crippen molar-refractivity contribution in [3.63, 3.8) is 0 Å². The molecule has 0 amide bonds. The third-order valence-corrected chi connectivity index (χ3v) is 3.63. The maximum atomic E-state index is 10.5. The molecule has 0 aliphatic heterocycles. The Labute approximate surface area is 115 Å². The number of benzene rings is 2. The average Bonchev–Trinajstić information content (AvgIpc) is 2.49. The van der Waals surface area contributed by atoms with E-state index in [-0.39, 0.29) is 12.0 Å². The maximum absolute atomic E-state index is 10.5. The van der Waals surface area contributed by atoms with Crippen molar-refractivity contribution in [3.05, 3.63) is 71.8 Å². The van der Waals surface area contributed by atoms with Gasteiger partial charge in [0.15, 0.2) is 0 Å². The summed E-state index contributed by atoms with van der Waals surface area (Å²) in [6.07, 6.45) is -0.473. The summed E-state index contributed by atoms with van der Waals surface area (Å²) >= 11 is 0. The van der Waals surface area contributed by atoms with E-state index in [4.69, 9.17) is 0 Å². The number of aliphatic hydroxyl groups excluding tert-OH is 1. The van der Waals surface area contributed by atoms with Crippen LogP contribution in [0.4, 0.5) is 0 Å². The number of rotatable bonds is 5. The van der Waals surface area contributed by atoms with Crippen molar-refractivity contribution in [3.8, 4) is 0 Å². The first kappa shape index (κ1) is 13.8. The summed E-state index contributed by atoms with van der Waals surface area (Å²) in [5, 5.41) is 13.8. The van der Waals surface area contributed by atoms with E-state index in [0.29, 0.717) is 0 Å². The topological polar surface area (TPSA) is 32.3 Å². The normalized spacial score (nSPS) is 15.7. The van der Waals surface area contributed by atoms with Crippen molar-refractivity contribution in [1.82, 2.24) is 5.32 Å². The molecule has 2 N–H and O–H groups in total. The van der Waals surface area contributed by atoms with E-state index in [1.807, 2.05) is 55.6 Å². The minimum atomic E-state index is -0.473. The fourth-order valence-electron chi connectivity index (χ4n) is 2.53. The molecule has 2 aromatic carbocycles. The van der Waals surface area contributed by atoms with E-state index in [9.17, 15) is 5.11 Å². The monoisotopic (exact) mass is 255 g/mol. The Morgan fingerprint density at radius 2 is 1.32 bits per heavy atom. The molecule has 0 radical (unpaired) electrons. The zero-order valence-electron chi connectivity index (χ0n) is 11.5. The van der Waals surface area contributed by atoms with Gasteiger partial charge in [0, 0.05) is 12.0 Å². The molecule has 2 nitrogen and oxygen atoms in total. The van der Waals surface area contributed by atoms with Crippen molar-refractivity contribution in [1.29, 1.82) is 0 Å². The van der Waals surface area contributed by atoms with Gasteiger partial charge in [0.2, 0.25) is 0 Å². The molecule has 3 atom stereocenters. The summed E-state index contributed by atoms with van der Waals surface area (Å²) in [6.45, 7) is 2.08. The third-order valence-electron chi connectivity index (χ3n) is 3.63. The van der Waals surface area contributed by atoms with Gasteiger partial charge >= 0.3 is 0 Å². The van der Waals surface area contributed by atoms with Gasteiger partial charge in [0.05, 0.1) is 6.10 Å². The molecule has 0 spiro atoms. The Morgan fingerprint density at radius 1 is 0.842 bits per heavy atom.